The fourth-order valence-electron chi connectivity index (χ4n) is 2.64. The molecule has 0 radical (unpaired) electrons. The average molecular weight is 262 g/mol. The van der Waals surface area contributed by atoms with Gasteiger partial charge in [-0.3, -0.25) is 4.79 Å². The van der Waals surface area contributed by atoms with Crippen LogP contribution >= 0.6 is 0 Å². The van der Waals surface area contributed by atoms with Crippen LogP contribution in [0.3, 0.4) is 0 Å². The molecular formula is C14H22N4O. The minimum atomic E-state index is -0.474. The van der Waals surface area contributed by atoms with Crippen molar-refractivity contribution in [1.29, 1.82) is 0 Å². The Labute approximate surface area is 113 Å². The fourth-order valence-corrected chi connectivity index (χ4v) is 2.64. The highest BCUT2D eigenvalue weighted by atomic mass is 16.1. The quantitative estimate of drug-likeness (QED) is 0.727. The zero-order valence-corrected chi connectivity index (χ0v) is 11.4. The van der Waals surface area contributed by atoms with Gasteiger partial charge < -0.3 is 16.8 Å². The SMILES string of the molecule is CC1CCCC(Nc2cnc(N)cc2C(N)=O)CC1. The smallest absolute Gasteiger partial charge is 0.250 e. The van der Waals surface area contributed by atoms with E-state index in [4.69, 9.17) is 11.5 Å². The summed E-state index contributed by atoms with van der Waals surface area (Å²) in [4.78, 5) is 15.5. The van der Waals surface area contributed by atoms with Gasteiger partial charge in [0.15, 0.2) is 0 Å². The maximum Gasteiger partial charge on any atom is 0.250 e. The molecule has 5 nitrogen and oxygen atoms in total. The first-order chi connectivity index (χ1) is 9.06. The lowest BCUT2D eigenvalue weighted by atomic mass is 10.0. The lowest BCUT2D eigenvalue weighted by Gasteiger charge is -2.19. The van der Waals surface area contributed by atoms with Crippen LogP contribution in [0.15, 0.2) is 12.3 Å². The van der Waals surface area contributed by atoms with Gasteiger partial charge in [-0.05, 0) is 31.2 Å². The molecule has 1 aliphatic rings. The number of hydrogen-bond donors (Lipinski definition) is 3. The summed E-state index contributed by atoms with van der Waals surface area (Å²) in [7, 11) is 0. The van der Waals surface area contributed by atoms with Crippen LogP contribution in [0.5, 0.6) is 0 Å². The molecule has 104 valence electrons. The second-order valence-corrected chi connectivity index (χ2v) is 5.47. The summed E-state index contributed by atoms with van der Waals surface area (Å²) in [6, 6.07) is 1.91. The van der Waals surface area contributed by atoms with Crippen molar-refractivity contribution in [1.82, 2.24) is 4.98 Å². The maximum absolute atomic E-state index is 11.4. The summed E-state index contributed by atoms with van der Waals surface area (Å²) in [5, 5.41) is 3.40. The van der Waals surface area contributed by atoms with E-state index in [-0.39, 0.29) is 0 Å². The van der Waals surface area contributed by atoms with E-state index in [1.165, 1.54) is 25.3 Å². The molecule has 1 aromatic heterocycles. The fraction of sp³-hybridized carbons (Fsp3) is 0.571. The third-order valence-electron chi connectivity index (χ3n) is 3.81. The summed E-state index contributed by atoms with van der Waals surface area (Å²) in [6.07, 6.45) is 7.54. The molecule has 2 unspecified atom stereocenters. The second kappa shape index (κ2) is 5.91. The van der Waals surface area contributed by atoms with Gasteiger partial charge in [-0.2, -0.15) is 0 Å². The molecule has 1 fully saturated rings. The number of carbonyl (C=O) groups is 1. The number of primary amides is 1. The van der Waals surface area contributed by atoms with Crippen LogP contribution in [-0.2, 0) is 0 Å². The number of rotatable bonds is 3. The highest BCUT2D eigenvalue weighted by Gasteiger charge is 2.18. The molecule has 1 heterocycles. The monoisotopic (exact) mass is 262 g/mol. The molecule has 0 spiro atoms. The lowest BCUT2D eigenvalue weighted by molar-refractivity contribution is 0.100. The van der Waals surface area contributed by atoms with E-state index in [9.17, 15) is 4.79 Å². The van der Waals surface area contributed by atoms with Crippen LogP contribution in [0.1, 0.15) is 49.4 Å². The average Bonchev–Trinajstić information content (AvgIpc) is 2.56. The zero-order valence-electron chi connectivity index (χ0n) is 11.4. The van der Waals surface area contributed by atoms with Gasteiger partial charge in [0, 0.05) is 6.04 Å². The molecule has 1 amide bonds. The molecule has 0 aliphatic heterocycles. The Morgan fingerprint density at radius 3 is 2.89 bits per heavy atom. The van der Waals surface area contributed by atoms with E-state index in [1.807, 2.05) is 0 Å². The second-order valence-electron chi connectivity index (χ2n) is 5.47. The van der Waals surface area contributed by atoms with E-state index >= 15 is 0 Å². The molecule has 5 heteroatoms. The summed E-state index contributed by atoms with van der Waals surface area (Å²) >= 11 is 0. The number of nitrogens with one attached hydrogen (secondary N) is 1. The van der Waals surface area contributed by atoms with Crippen molar-refractivity contribution in [2.75, 3.05) is 11.1 Å². The number of amides is 1. The molecule has 0 saturated heterocycles. The first-order valence-electron chi connectivity index (χ1n) is 6.88. The van der Waals surface area contributed by atoms with Gasteiger partial charge in [0.1, 0.15) is 5.82 Å². The Hall–Kier alpha value is -1.78. The van der Waals surface area contributed by atoms with Crippen LogP contribution in [0.4, 0.5) is 11.5 Å². The maximum atomic E-state index is 11.4. The highest BCUT2D eigenvalue weighted by molar-refractivity contribution is 5.99. The van der Waals surface area contributed by atoms with Crippen LogP contribution in [0.2, 0.25) is 0 Å². The predicted octanol–water partition coefficient (Wildman–Crippen LogP) is 2.14. The third-order valence-corrected chi connectivity index (χ3v) is 3.81. The summed E-state index contributed by atoms with van der Waals surface area (Å²) in [6.45, 7) is 2.29. The van der Waals surface area contributed by atoms with E-state index in [1.54, 1.807) is 6.20 Å². The molecule has 5 N–H and O–H groups in total. The molecule has 1 saturated carbocycles. The number of hydrogen-bond acceptors (Lipinski definition) is 4. The van der Waals surface area contributed by atoms with Gasteiger partial charge in [-0.1, -0.05) is 19.8 Å². The van der Waals surface area contributed by atoms with Crippen LogP contribution < -0.4 is 16.8 Å². The molecule has 1 aromatic rings. The van der Waals surface area contributed by atoms with Crippen molar-refractivity contribution >= 4 is 17.4 Å². The number of carbonyl (C=O) groups excluding carboxylic acids is 1. The van der Waals surface area contributed by atoms with Crippen LogP contribution in [0, 0.1) is 5.92 Å². The van der Waals surface area contributed by atoms with Crippen molar-refractivity contribution in [2.24, 2.45) is 11.7 Å². The molecule has 2 rings (SSSR count). The third kappa shape index (κ3) is 3.59. The standard InChI is InChI=1S/C14H22N4O/c1-9-3-2-4-10(6-5-9)18-12-8-17-13(15)7-11(12)14(16)19/h7-10,18H,2-6H2,1H3,(H2,15,17)(H2,16,19). The van der Waals surface area contributed by atoms with Gasteiger partial charge in [-0.25, -0.2) is 4.98 Å². The van der Waals surface area contributed by atoms with E-state index < -0.39 is 5.91 Å². The minimum absolute atomic E-state index is 0.314. The van der Waals surface area contributed by atoms with Gasteiger partial charge >= 0.3 is 0 Å². The largest absolute Gasteiger partial charge is 0.384 e. The van der Waals surface area contributed by atoms with Gasteiger partial charge in [-0.15, -0.1) is 0 Å². The zero-order chi connectivity index (χ0) is 13.8. The van der Waals surface area contributed by atoms with Crippen molar-refractivity contribution < 1.29 is 4.79 Å². The number of aromatic nitrogens is 1. The predicted molar refractivity (Wildman–Crippen MR) is 76.8 cm³/mol. The highest BCUT2D eigenvalue weighted by Crippen LogP contribution is 2.26. The van der Waals surface area contributed by atoms with Crippen LogP contribution in [0.25, 0.3) is 0 Å². The molecule has 0 bridgehead atoms. The Balaban J connectivity index is 2.12. The van der Waals surface area contributed by atoms with Gasteiger partial charge in [0.05, 0.1) is 17.4 Å². The topological polar surface area (TPSA) is 94.0 Å². The van der Waals surface area contributed by atoms with E-state index in [0.717, 1.165) is 18.8 Å². The number of anilines is 2. The number of nitrogens with zero attached hydrogens (tertiary/aromatic N) is 1. The Morgan fingerprint density at radius 2 is 2.16 bits per heavy atom. The number of nitrogens with two attached hydrogens (primary N) is 2. The van der Waals surface area contributed by atoms with Crippen molar-refractivity contribution in [3.63, 3.8) is 0 Å². The summed E-state index contributed by atoms with van der Waals surface area (Å²) in [5.41, 5.74) is 12.1. The van der Waals surface area contributed by atoms with Crippen molar-refractivity contribution in [2.45, 2.75) is 45.1 Å². The summed E-state index contributed by atoms with van der Waals surface area (Å²) in [5.74, 6) is 0.624. The van der Waals surface area contributed by atoms with E-state index in [2.05, 4.69) is 17.2 Å². The number of pyridine rings is 1. The molecule has 0 aromatic carbocycles. The van der Waals surface area contributed by atoms with Crippen LogP contribution in [-0.4, -0.2) is 16.9 Å². The summed E-state index contributed by atoms with van der Waals surface area (Å²) < 4.78 is 0. The first kappa shape index (κ1) is 13.6. The minimum Gasteiger partial charge on any atom is -0.384 e. The molecule has 2 atom stereocenters. The Morgan fingerprint density at radius 1 is 1.37 bits per heavy atom. The first-order valence-corrected chi connectivity index (χ1v) is 6.88. The van der Waals surface area contributed by atoms with Crippen molar-refractivity contribution in [3.8, 4) is 0 Å². The number of nitrogen functional groups attached to an aromatic ring is 1. The Kier molecular flexibility index (Phi) is 4.24. The van der Waals surface area contributed by atoms with Gasteiger partial charge in [0.2, 0.25) is 0 Å². The van der Waals surface area contributed by atoms with E-state index in [0.29, 0.717) is 23.1 Å². The Bertz CT molecular complexity index is 461. The molecular weight excluding hydrogens is 240 g/mol. The van der Waals surface area contributed by atoms with Crippen molar-refractivity contribution in [3.05, 3.63) is 17.8 Å². The molecule has 1 aliphatic carbocycles. The van der Waals surface area contributed by atoms with Gasteiger partial charge in [0.25, 0.3) is 5.91 Å². The normalized spacial score (nSPS) is 23.6. The lowest BCUT2D eigenvalue weighted by Crippen LogP contribution is -2.22. The molecule has 19 heavy (non-hydrogen) atoms.